The summed E-state index contributed by atoms with van der Waals surface area (Å²) < 4.78 is 8.54. The second kappa shape index (κ2) is 7.28. The lowest BCUT2D eigenvalue weighted by Gasteiger charge is -2.33. The van der Waals surface area contributed by atoms with Crippen molar-refractivity contribution in [2.75, 3.05) is 20.2 Å². The number of esters is 1. The van der Waals surface area contributed by atoms with E-state index in [-0.39, 0.29) is 17.6 Å². The minimum Gasteiger partial charge on any atom is -0.464 e. The largest absolute Gasteiger partial charge is 0.464 e. The number of aryl methyl sites for hydroxylation is 1. The lowest BCUT2D eigenvalue weighted by molar-refractivity contribution is 0.0581. The molecule has 0 spiro atoms. The van der Waals surface area contributed by atoms with Gasteiger partial charge in [0.15, 0.2) is 4.96 Å². The molecule has 0 bridgehead atoms. The maximum atomic E-state index is 12.3. The van der Waals surface area contributed by atoms with Crippen molar-refractivity contribution in [1.29, 1.82) is 0 Å². The lowest BCUT2D eigenvalue weighted by atomic mass is 10.0. The highest BCUT2D eigenvalue weighted by Gasteiger charge is 2.24. The Hall–Kier alpha value is -2.45. The number of aromatic nitrogens is 3. The van der Waals surface area contributed by atoms with Crippen molar-refractivity contribution in [3.8, 4) is 0 Å². The molecule has 1 fully saturated rings. The molecule has 142 valence electrons. The zero-order valence-corrected chi connectivity index (χ0v) is 16.2. The van der Waals surface area contributed by atoms with Crippen LogP contribution < -0.4 is 5.56 Å². The highest BCUT2D eigenvalue weighted by Crippen LogP contribution is 2.25. The number of ether oxygens (including phenoxy) is 1. The summed E-state index contributed by atoms with van der Waals surface area (Å²) in [6.45, 7) is 4.38. The van der Waals surface area contributed by atoms with Gasteiger partial charge in [-0.15, -0.1) is 11.3 Å². The van der Waals surface area contributed by atoms with Crippen LogP contribution in [0.4, 0.5) is 0 Å². The molecule has 0 unspecified atom stereocenters. The summed E-state index contributed by atoms with van der Waals surface area (Å²) in [6, 6.07) is 5.61. The molecule has 27 heavy (non-hydrogen) atoms. The van der Waals surface area contributed by atoms with Gasteiger partial charge in [0.25, 0.3) is 5.56 Å². The van der Waals surface area contributed by atoms with E-state index in [4.69, 9.17) is 4.74 Å². The fraction of sp³-hybridized carbons (Fsp3) is 0.421. The molecule has 0 saturated carbocycles. The quantitative estimate of drug-likeness (QED) is 0.645. The fourth-order valence-corrected chi connectivity index (χ4v) is 4.65. The summed E-state index contributed by atoms with van der Waals surface area (Å²) in [5.41, 5.74) is 2.33. The summed E-state index contributed by atoms with van der Waals surface area (Å²) in [6.07, 6.45) is 3.83. The first-order valence-electron chi connectivity index (χ1n) is 9.01. The maximum absolute atomic E-state index is 12.3. The molecular formula is C19H22N4O3S. The summed E-state index contributed by atoms with van der Waals surface area (Å²) in [7, 11) is 1.41. The van der Waals surface area contributed by atoms with Gasteiger partial charge in [-0.25, -0.2) is 9.78 Å². The van der Waals surface area contributed by atoms with E-state index in [1.807, 2.05) is 29.1 Å². The predicted molar refractivity (Wildman–Crippen MR) is 103 cm³/mol. The van der Waals surface area contributed by atoms with Gasteiger partial charge < -0.3 is 9.30 Å². The smallest absolute Gasteiger partial charge is 0.354 e. The lowest BCUT2D eigenvalue weighted by Crippen LogP contribution is -2.35. The van der Waals surface area contributed by atoms with Gasteiger partial charge in [-0.05, 0) is 31.9 Å². The Morgan fingerprint density at radius 2 is 2.15 bits per heavy atom. The van der Waals surface area contributed by atoms with Crippen LogP contribution in [0.1, 0.15) is 40.8 Å². The van der Waals surface area contributed by atoms with E-state index in [9.17, 15) is 9.59 Å². The van der Waals surface area contributed by atoms with Gasteiger partial charge in [-0.3, -0.25) is 14.1 Å². The summed E-state index contributed by atoms with van der Waals surface area (Å²) in [4.78, 5) is 31.9. The number of rotatable bonds is 4. The number of carbonyl (C=O) groups excluding carboxylic acids is 1. The standard InChI is InChI=1S/C19H22N4O3S/c1-13-12-27-19-20-14(10-17(24)23(13)19)11-21-8-5-15(6-9-21)22-7-3-4-16(22)18(25)26-2/h3-4,7,10,12,15H,5-6,8-9,11H2,1-2H3. The number of fused-ring (bicyclic) bond motifs is 1. The number of nitrogens with zero attached hydrogens (tertiary/aromatic N) is 4. The van der Waals surface area contributed by atoms with Crippen LogP contribution in [0, 0.1) is 6.92 Å². The Labute approximate surface area is 160 Å². The Morgan fingerprint density at radius 3 is 2.89 bits per heavy atom. The number of hydrogen-bond acceptors (Lipinski definition) is 6. The number of carbonyl (C=O) groups is 1. The molecule has 0 amide bonds. The number of methoxy groups -OCH3 is 1. The van der Waals surface area contributed by atoms with Crippen LogP contribution >= 0.6 is 11.3 Å². The molecule has 0 atom stereocenters. The first kappa shape index (κ1) is 17.9. The Kier molecular flexibility index (Phi) is 4.84. The molecule has 0 aliphatic carbocycles. The van der Waals surface area contributed by atoms with Crippen LogP contribution in [0.2, 0.25) is 0 Å². The Morgan fingerprint density at radius 1 is 1.37 bits per heavy atom. The van der Waals surface area contributed by atoms with Crippen molar-refractivity contribution in [1.82, 2.24) is 18.9 Å². The van der Waals surface area contributed by atoms with E-state index in [2.05, 4.69) is 9.88 Å². The second-order valence-electron chi connectivity index (χ2n) is 6.88. The average Bonchev–Trinajstić information content (AvgIpc) is 3.29. The third-order valence-corrected chi connectivity index (χ3v) is 6.08. The summed E-state index contributed by atoms with van der Waals surface area (Å²) >= 11 is 1.50. The molecule has 4 heterocycles. The monoisotopic (exact) mass is 386 g/mol. The number of piperidine rings is 1. The van der Waals surface area contributed by atoms with Gasteiger partial charge in [-0.2, -0.15) is 0 Å². The van der Waals surface area contributed by atoms with Crippen LogP contribution in [0.25, 0.3) is 4.96 Å². The van der Waals surface area contributed by atoms with Crippen LogP contribution in [0.5, 0.6) is 0 Å². The Bertz CT molecular complexity index is 1030. The third kappa shape index (κ3) is 3.42. The van der Waals surface area contributed by atoms with E-state index in [0.29, 0.717) is 12.2 Å². The fourth-order valence-electron chi connectivity index (χ4n) is 3.76. The van der Waals surface area contributed by atoms with E-state index < -0.39 is 0 Å². The molecule has 4 rings (SSSR count). The SMILES string of the molecule is COC(=O)c1cccn1C1CCN(Cc2cc(=O)n3c(C)csc3n2)CC1. The molecule has 7 nitrogen and oxygen atoms in total. The van der Waals surface area contributed by atoms with Gasteiger partial charge in [0.05, 0.1) is 12.8 Å². The van der Waals surface area contributed by atoms with Crippen LogP contribution in [-0.2, 0) is 11.3 Å². The molecule has 0 radical (unpaired) electrons. The topological polar surface area (TPSA) is 68.8 Å². The molecule has 8 heteroatoms. The van der Waals surface area contributed by atoms with Crippen LogP contribution in [0.3, 0.4) is 0 Å². The molecule has 3 aromatic rings. The van der Waals surface area contributed by atoms with Crippen molar-refractivity contribution in [2.24, 2.45) is 0 Å². The molecule has 1 saturated heterocycles. The minimum absolute atomic E-state index is 0.0151. The zero-order valence-electron chi connectivity index (χ0n) is 15.4. The number of thiazole rings is 1. The van der Waals surface area contributed by atoms with Crippen molar-refractivity contribution in [2.45, 2.75) is 32.4 Å². The molecule has 1 aliphatic rings. The van der Waals surface area contributed by atoms with E-state index >= 15 is 0 Å². The highest BCUT2D eigenvalue weighted by atomic mass is 32.1. The Balaban J connectivity index is 1.44. The molecular weight excluding hydrogens is 364 g/mol. The number of likely N-dealkylation sites (tertiary alicyclic amines) is 1. The van der Waals surface area contributed by atoms with E-state index in [1.165, 1.54) is 18.4 Å². The maximum Gasteiger partial charge on any atom is 0.354 e. The molecule has 3 aromatic heterocycles. The second-order valence-corrected chi connectivity index (χ2v) is 7.72. The van der Waals surface area contributed by atoms with Crippen molar-refractivity contribution >= 4 is 22.3 Å². The van der Waals surface area contributed by atoms with Crippen LogP contribution in [-0.4, -0.2) is 45.0 Å². The predicted octanol–water partition coefficient (Wildman–Crippen LogP) is 2.49. The minimum atomic E-state index is -0.299. The van der Waals surface area contributed by atoms with E-state index in [1.54, 1.807) is 16.5 Å². The molecule has 1 aliphatic heterocycles. The van der Waals surface area contributed by atoms with Crippen molar-refractivity contribution in [3.05, 3.63) is 57.2 Å². The first-order valence-corrected chi connectivity index (χ1v) is 9.89. The van der Waals surface area contributed by atoms with Gasteiger partial charge in [0.2, 0.25) is 0 Å². The normalized spacial score (nSPS) is 16.1. The zero-order chi connectivity index (χ0) is 19.0. The average molecular weight is 386 g/mol. The summed E-state index contributed by atoms with van der Waals surface area (Å²) in [5.74, 6) is -0.299. The van der Waals surface area contributed by atoms with Crippen molar-refractivity contribution in [3.63, 3.8) is 0 Å². The van der Waals surface area contributed by atoms with Crippen molar-refractivity contribution < 1.29 is 9.53 Å². The van der Waals surface area contributed by atoms with Gasteiger partial charge in [0, 0.05) is 49.0 Å². The summed E-state index contributed by atoms with van der Waals surface area (Å²) in [5, 5.41) is 1.95. The molecule has 0 N–H and O–H groups in total. The highest BCUT2D eigenvalue weighted by molar-refractivity contribution is 7.15. The van der Waals surface area contributed by atoms with Crippen LogP contribution in [0.15, 0.2) is 34.6 Å². The number of hydrogen-bond donors (Lipinski definition) is 0. The van der Waals surface area contributed by atoms with Gasteiger partial charge in [-0.1, -0.05) is 0 Å². The molecule has 0 aromatic carbocycles. The van der Waals surface area contributed by atoms with Gasteiger partial charge in [0.1, 0.15) is 5.69 Å². The van der Waals surface area contributed by atoms with E-state index in [0.717, 1.165) is 42.3 Å². The first-order chi connectivity index (χ1) is 13.1. The third-order valence-electron chi connectivity index (χ3n) is 5.14. The van der Waals surface area contributed by atoms with Gasteiger partial charge >= 0.3 is 5.97 Å².